The lowest BCUT2D eigenvalue weighted by Crippen LogP contribution is -3.13. The molecule has 2 heterocycles. The highest BCUT2D eigenvalue weighted by molar-refractivity contribution is 5.88. The van der Waals surface area contributed by atoms with Gasteiger partial charge < -0.3 is 19.3 Å². The van der Waals surface area contributed by atoms with Crippen LogP contribution in [0.3, 0.4) is 0 Å². The number of hydrogen-bond acceptors (Lipinski definition) is 5. The van der Waals surface area contributed by atoms with Gasteiger partial charge in [0.1, 0.15) is 6.54 Å². The summed E-state index contributed by atoms with van der Waals surface area (Å²) in [6.07, 6.45) is 0.183. The Morgan fingerprint density at radius 2 is 1.77 bits per heavy atom. The molecule has 162 valence electrons. The van der Waals surface area contributed by atoms with E-state index in [1.54, 1.807) is 20.3 Å². The van der Waals surface area contributed by atoms with Gasteiger partial charge in [0.05, 0.1) is 57.9 Å². The maximum Gasteiger partial charge on any atom is 0.272 e. The fourth-order valence-electron chi connectivity index (χ4n) is 4.09. The quantitative estimate of drug-likeness (QED) is 0.600. The number of benzene rings is 2. The number of piperazine rings is 1. The summed E-state index contributed by atoms with van der Waals surface area (Å²) in [5, 5.41) is 7.93. The van der Waals surface area contributed by atoms with Crippen LogP contribution in [0.5, 0.6) is 11.5 Å². The van der Waals surface area contributed by atoms with Gasteiger partial charge >= 0.3 is 0 Å². The van der Waals surface area contributed by atoms with Gasteiger partial charge in [-0.2, -0.15) is 5.10 Å². The van der Waals surface area contributed by atoms with Crippen molar-refractivity contribution in [3.63, 3.8) is 0 Å². The summed E-state index contributed by atoms with van der Waals surface area (Å²) < 4.78 is 10.7. The molecule has 8 heteroatoms. The first-order valence-corrected chi connectivity index (χ1v) is 10.4. The van der Waals surface area contributed by atoms with Crippen LogP contribution in [-0.4, -0.2) is 61.4 Å². The number of nitrogens with one attached hydrogen (secondary N) is 2. The number of hydrogen-bond donors (Lipinski definition) is 2. The van der Waals surface area contributed by atoms with E-state index >= 15 is 0 Å². The van der Waals surface area contributed by atoms with Crippen LogP contribution in [0.4, 0.5) is 0 Å². The number of aromatic nitrogens is 2. The van der Waals surface area contributed by atoms with Gasteiger partial charge in [-0.1, -0.05) is 18.2 Å². The second-order valence-electron chi connectivity index (χ2n) is 7.72. The Bertz CT molecular complexity index is 1140. The lowest BCUT2D eigenvalue weighted by Gasteiger charge is -2.32. The highest BCUT2D eigenvalue weighted by atomic mass is 16.5. The third-order valence-electron chi connectivity index (χ3n) is 5.82. The number of rotatable bonds is 6. The molecule has 0 unspecified atom stereocenters. The van der Waals surface area contributed by atoms with E-state index in [9.17, 15) is 9.59 Å². The molecule has 1 aromatic heterocycles. The minimum atomic E-state index is -0.237. The molecule has 0 spiro atoms. The molecule has 0 radical (unpaired) electrons. The van der Waals surface area contributed by atoms with Crippen LogP contribution < -0.4 is 19.9 Å². The first kappa shape index (κ1) is 20.9. The molecule has 0 atom stereocenters. The number of amides is 1. The van der Waals surface area contributed by atoms with E-state index in [0.29, 0.717) is 24.2 Å². The number of quaternary nitrogens is 1. The minimum absolute atomic E-state index is 0.0369. The number of H-pyrrole nitrogens is 1. The largest absolute Gasteiger partial charge is 0.493 e. The van der Waals surface area contributed by atoms with Gasteiger partial charge in [0.15, 0.2) is 11.5 Å². The van der Waals surface area contributed by atoms with Gasteiger partial charge in [-0.25, -0.2) is 5.10 Å². The second kappa shape index (κ2) is 9.18. The van der Waals surface area contributed by atoms with Crippen molar-refractivity contribution in [2.75, 3.05) is 40.4 Å². The predicted octanol–water partition coefficient (Wildman–Crippen LogP) is 0.410. The van der Waals surface area contributed by atoms with E-state index in [0.717, 1.165) is 36.5 Å². The summed E-state index contributed by atoms with van der Waals surface area (Å²) in [6.45, 7) is 4.01. The van der Waals surface area contributed by atoms with Crippen LogP contribution in [0, 0.1) is 0 Å². The summed E-state index contributed by atoms with van der Waals surface area (Å²) in [4.78, 5) is 28.1. The minimum Gasteiger partial charge on any atom is -0.493 e. The van der Waals surface area contributed by atoms with Gasteiger partial charge in [0.25, 0.3) is 5.56 Å². The number of nitrogens with zero attached hydrogens (tertiary/aromatic N) is 2. The standard InChI is InChI=1S/C23H26N4O4/c1-30-20-8-7-16(13-21(20)31-2)15-26-9-11-27(12-10-26)22(28)14-19-17-5-3-4-6-18(17)23(29)25-24-19/h3-8,13H,9-12,14-15H2,1-2H3,(H,25,29)/p+1. The van der Waals surface area contributed by atoms with E-state index < -0.39 is 0 Å². The van der Waals surface area contributed by atoms with Gasteiger partial charge in [-0.15, -0.1) is 0 Å². The topological polar surface area (TPSA) is 89.0 Å². The number of aromatic amines is 1. The molecule has 1 aliphatic rings. The van der Waals surface area contributed by atoms with Crippen LogP contribution in [-0.2, 0) is 17.8 Å². The molecule has 0 aliphatic carbocycles. The van der Waals surface area contributed by atoms with Gasteiger partial charge in [-0.3, -0.25) is 9.59 Å². The molecule has 2 aromatic carbocycles. The van der Waals surface area contributed by atoms with Crippen molar-refractivity contribution >= 4 is 16.7 Å². The lowest BCUT2D eigenvalue weighted by atomic mass is 10.1. The fourth-order valence-corrected chi connectivity index (χ4v) is 4.09. The molecule has 3 aromatic rings. The molecule has 1 amide bonds. The molecular weight excluding hydrogens is 396 g/mol. The predicted molar refractivity (Wildman–Crippen MR) is 117 cm³/mol. The molecule has 1 saturated heterocycles. The Morgan fingerprint density at radius 3 is 2.48 bits per heavy atom. The SMILES string of the molecule is COc1ccc(C[NH+]2CCN(C(=O)Cc3n[nH]c(=O)c4ccccc34)CC2)cc1OC. The average Bonchev–Trinajstić information content (AvgIpc) is 2.81. The molecular formula is C23H27N4O4+. The van der Waals surface area contributed by atoms with Crippen LogP contribution in [0.2, 0.25) is 0 Å². The zero-order chi connectivity index (χ0) is 21.8. The zero-order valence-electron chi connectivity index (χ0n) is 17.8. The summed E-state index contributed by atoms with van der Waals surface area (Å²) >= 11 is 0. The average molecular weight is 423 g/mol. The molecule has 1 fully saturated rings. The Hall–Kier alpha value is -3.39. The number of carbonyl (C=O) groups is 1. The molecule has 8 nitrogen and oxygen atoms in total. The highest BCUT2D eigenvalue weighted by Gasteiger charge is 2.25. The first-order valence-electron chi connectivity index (χ1n) is 10.4. The maximum atomic E-state index is 12.9. The van der Waals surface area contributed by atoms with Gasteiger partial charge in [0.2, 0.25) is 5.91 Å². The highest BCUT2D eigenvalue weighted by Crippen LogP contribution is 2.27. The summed E-state index contributed by atoms with van der Waals surface area (Å²) in [7, 11) is 3.27. The molecule has 4 rings (SSSR count). The van der Waals surface area contributed by atoms with E-state index in [2.05, 4.69) is 16.3 Å². The van der Waals surface area contributed by atoms with Crippen LogP contribution >= 0.6 is 0 Å². The van der Waals surface area contributed by atoms with E-state index in [-0.39, 0.29) is 17.9 Å². The van der Waals surface area contributed by atoms with Crippen molar-refractivity contribution in [3.8, 4) is 11.5 Å². The molecule has 0 bridgehead atoms. The molecule has 31 heavy (non-hydrogen) atoms. The van der Waals surface area contributed by atoms with E-state index in [1.165, 1.54) is 10.5 Å². The maximum absolute atomic E-state index is 12.9. The smallest absolute Gasteiger partial charge is 0.272 e. The zero-order valence-corrected chi connectivity index (χ0v) is 17.8. The van der Waals surface area contributed by atoms with Crippen molar-refractivity contribution in [2.24, 2.45) is 0 Å². The Balaban J connectivity index is 1.36. The molecule has 1 aliphatic heterocycles. The van der Waals surface area contributed by atoms with Gasteiger partial charge in [0, 0.05) is 10.9 Å². The van der Waals surface area contributed by atoms with E-state index in [1.807, 2.05) is 35.2 Å². The Labute approximate surface area is 180 Å². The van der Waals surface area contributed by atoms with Crippen molar-refractivity contribution in [1.29, 1.82) is 0 Å². The molecule has 2 N–H and O–H groups in total. The summed E-state index contributed by atoms with van der Waals surface area (Å²) in [6, 6.07) is 13.2. The van der Waals surface area contributed by atoms with Crippen LogP contribution in [0.25, 0.3) is 10.8 Å². The monoisotopic (exact) mass is 423 g/mol. The number of ether oxygens (including phenoxy) is 2. The van der Waals surface area contributed by atoms with E-state index in [4.69, 9.17) is 9.47 Å². The lowest BCUT2D eigenvalue weighted by molar-refractivity contribution is -0.917. The van der Waals surface area contributed by atoms with Gasteiger partial charge in [-0.05, 0) is 24.3 Å². The Kier molecular flexibility index (Phi) is 6.18. The summed E-state index contributed by atoms with van der Waals surface area (Å²) in [5.74, 6) is 1.49. The second-order valence-corrected chi connectivity index (χ2v) is 7.72. The number of fused-ring (bicyclic) bond motifs is 1. The third kappa shape index (κ3) is 4.54. The normalized spacial score (nSPS) is 14.6. The van der Waals surface area contributed by atoms with Crippen LogP contribution in [0.1, 0.15) is 11.3 Å². The number of methoxy groups -OCH3 is 2. The van der Waals surface area contributed by atoms with Crippen molar-refractivity contribution in [3.05, 3.63) is 64.1 Å². The fraction of sp³-hybridized carbons (Fsp3) is 0.348. The van der Waals surface area contributed by atoms with Crippen molar-refractivity contribution in [1.82, 2.24) is 15.1 Å². The van der Waals surface area contributed by atoms with Crippen molar-refractivity contribution in [2.45, 2.75) is 13.0 Å². The summed E-state index contributed by atoms with van der Waals surface area (Å²) in [5.41, 5.74) is 1.55. The number of carbonyl (C=O) groups excluding carboxylic acids is 1. The molecule has 0 saturated carbocycles. The Morgan fingerprint density at radius 1 is 1.06 bits per heavy atom. The third-order valence-corrected chi connectivity index (χ3v) is 5.82. The van der Waals surface area contributed by atoms with Crippen LogP contribution in [0.15, 0.2) is 47.3 Å². The van der Waals surface area contributed by atoms with Crippen molar-refractivity contribution < 1.29 is 19.2 Å². The first-order chi connectivity index (χ1) is 15.1.